The molecule has 0 N–H and O–H groups in total. The Morgan fingerprint density at radius 3 is 2.13 bits per heavy atom. The Kier molecular flexibility index (Phi) is 10.4. The van der Waals surface area contributed by atoms with Gasteiger partial charge in [0.05, 0.1) is 16.9 Å². The largest absolute Gasteiger partial charge is 0.501 e. The maximum Gasteiger partial charge on any atom is 0.168 e. The molecule has 6 heteroatoms. The minimum Gasteiger partial charge on any atom is -0.501 e. The summed E-state index contributed by atoms with van der Waals surface area (Å²) in [7, 11) is 0. The Morgan fingerprint density at radius 2 is 1.38 bits per heavy atom. The number of nitrogens with zero attached hydrogens (tertiary/aromatic N) is 4. The molecule has 0 bridgehead atoms. The molecular formula is C47H38IrN4O-2. The molecule has 263 valence electrons. The predicted octanol–water partition coefficient (Wildman–Crippen LogP) is 12.2. The second-order valence-corrected chi connectivity index (χ2v) is 13.5. The van der Waals surface area contributed by atoms with Crippen molar-refractivity contribution in [1.29, 1.82) is 0 Å². The third kappa shape index (κ3) is 6.96. The Balaban J connectivity index is 0.000000194. The second-order valence-electron chi connectivity index (χ2n) is 13.5. The van der Waals surface area contributed by atoms with E-state index in [9.17, 15) is 0 Å². The van der Waals surface area contributed by atoms with Crippen LogP contribution in [0.15, 0.2) is 150 Å². The summed E-state index contributed by atoms with van der Waals surface area (Å²) in [5, 5.41) is 2.16. The van der Waals surface area contributed by atoms with Gasteiger partial charge in [0.15, 0.2) is 5.65 Å². The SMILES string of the molecule is CC(C)c1cccc(C(C)C)c1-n1c(-c2[c-]ccc3c2oc2ccccc23)nc2ncccc21.[Ir].[c-]1ccccc1-c1cc(-c2ccccc2)ccn1. The Labute approximate surface area is 323 Å². The summed E-state index contributed by atoms with van der Waals surface area (Å²) < 4.78 is 8.64. The van der Waals surface area contributed by atoms with Gasteiger partial charge in [0, 0.05) is 43.6 Å². The molecule has 0 saturated heterocycles. The normalized spacial score (nSPS) is 11.2. The zero-order valence-electron chi connectivity index (χ0n) is 30.0. The van der Waals surface area contributed by atoms with Crippen molar-refractivity contribution in [2.45, 2.75) is 39.5 Å². The molecule has 0 aliphatic carbocycles. The summed E-state index contributed by atoms with van der Waals surface area (Å²) in [6.07, 6.45) is 3.64. The third-order valence-electron chi connectivity index (χ3n) is 9.41. The molecule has 1 radical (unpaired) electrons. The van der Waals surface area contributed by atoms with Crippen molar-refractivity contribution in [2.24, 2.45) is 0 Å². The number of imidazole rings is 1. The van der Waals surface area contributed by atoms with Crippen LogP contribution in [-0.2, 0) is 20.1 Å². The first-order valence-electron chi connectivity index (χ1n) is 17.8. The second kappa shape index (κ2) is 15.5. The molecule has 0 unspecified atom stereocenters. The summed E-state index contributed by atoms with van der Waals surface area (Å²) in [4.78, 5) is 14.1. The zero-order chi connectivity index (χ0) is 35.6. The van der Waals surface area contributed by atoms with E-state index in [1.165, 1.54) is 27.9 Å². The van der Waals surface area contributed by atoms with Gasteiger partial charge in [0.25, 0.3) is 0 Å². The van der Waals surface area contributed by atoms with Crippen LogP contribution in [-0.4, -0.2) is 19.5 Å². The van der Waals surface area contributed by atoms with Crippen LogP contribution in [0, 0.1) is 12.1 Å². The fraction of sp³-hybridized carbons (Fsp3) is 0.128. The van der Waals surface area contributed by atoms with E-state index in [-0.39, 0.29) is 20.1 Å². The fourth-order valence-corrected chi connectivity index (χ4v) is 6.87. The first-order valence-corrected chi connectivity index (χ1v) is 17.8. The van der Waals surface area contributed by atoms with Gasteiger partial charge >= 0.3 is 0 Å². The van der Waals surface area contributed by atoms with Crippen molar-refractivity contribution in [3.05, 3.63) is 169 Å². The number of benzene rings is 5. The van der Waals surface area contributed by atoms with Crippen molar-refractivity contribution in [3.63, 3.8) is 0 Å². The van der Waals surface area contributed by atoms with E-state index in [0.29, 0.717) is 17.5 Å². The van der Waals surface area contributed by atoms with Crippen LogP contribution in [0.4, 0.5) is 0 Å². The van der Waals surface area contributed by atoms with Crippen molar-refractivity contribution >= 4 is 33.1 Å². The molecule has 4 aromatic heterocycles. The first-order chi connectivity index (χ1) is 25.5. The van der Waals surface area contributed by atoms with Gasteiger partial charge < -0.3 is 14.0 Å². The number of aromatic nitrogens is 4. The van der Waals surface area contributed by atoms with Crippen molar-refractivity contribution in [1.82, 2.24) is 19.5 Å². The number of para-hydroxylation sites is 2. The smallest absolute Gasteiger partial charge is 0.168 e. The van der Waals surface area contributed by atoms with Crippen LogP contribution in [0.2, 0.25) is 0 Å². The molecule has 0 aliphatic rings. The number of furan rings is 1. The van der Waals surface area contributed by atoms with Gasteiger partial charge in [-0.15, -0.1) is 54.1 Å². The number of hydrogen-bond donors (Lipinski definition) is 0. The quantitative estimate of drug-likeness (QED) is 0.156. The standard InChI is InChI=1S/C30H26N3O.C17H12N.Ir/c1-18(2)20-11-7-12-21(19(3)4)27(20)33-25-15-9-17-31-29(25)32-30(33)24-14-8-13-23-22-10-5-6-16-26(22)34-28(23)24;1-3-7-14(8-4-1)16-11-12-18-17(13-16)15-9-5-2-6-10-15;/h5-13,15-19H,1-4H3;1-9,11-13H;/q2*-1;. The van der Waals surface area contributed by atoms with Crippen LogP contribution in [0.25, 0.3) is 72.6 Å². The topological polar surface area (TPSA) is 56.7 Å². The number of rotatable bonds is 6. The van der Waals surface area contributed by atoms with E-state index in [1.807, 2.05) is 85.1 Å². The summed E-state index contributed by atoms with van der Waals surface area (Å²) in [6, 6.07) is 51.9. The van der Waals surface area contributed by atoms with Crippen molar-refractivity contribution < 1.29 is 24.5 Å². The molecule has 9 rings (SSSR count). The maximum absolute atomic E-state index is 6.38. The van der Waals surface area contributed by atoms with Crippen molar-refractivity contribution in [3.8, 4) is 39.5 Å². The summed E-state index contributed by atoms with van der Waals surface area (Å²) >= 11 is 0. The average molecular weight is 867 g/mol. The van der Waals surface area contributed by atoms with Gasteiger partial charge in [0.2, 0.25) is 0 Å². The zero-order valence-corrected chi connectivity index (χ0v) is 32.4. The van der Waals surface area contributed by atoms with Crippen LogP contribution < -0.4 is 0 Å². The summed E-state index contributed by atoms with van der Waals surface area (Å²) in [5.41, 5.74) is 12.3. The van der Waals surface area contributed by atoms with Gasteiger partial charge in [-0.25, -0.2) is 4.98 Å². The Bertz CT molecular complexity index is 2560. The minimum atomic E-state index is 0. The minimum absolute atomic E-state index is 0. The predicted molar refractivity (Wildman–Crippen MR) is 213 cm³/mol. The van der Waals surface area contributed by atoms with Gasteiger partial charge in [0.1, 0.15) is 5.58 Å². The summed E-state index contributed by atoms with van der Waals surface area (Å²) in [5.74, 6) is 1.50. The van der Waals surface area contributed by atoms with Gasteiger partial charge in [-0.3, -0.25) is 4.98 Å². The number of fused-ring (bicyclic) bond motifs is 4. The molecule has 0 saturated carbocycles. The molecule has 0 spiro atoms. The Hall–Kier alpha value is -5.68. The number of hydrogen-bond acceptors (Lipinski definition) is 4. The van der Waals surface area contributed by atoms with Crippen LogP contribution in [0.5, 0.6) is 0 Å². The fourth-order valence-electron chi connectivity index (χ4n) is 6.87. The monoisotopic (exact) mass is 867 g/mol. The van der Waals surface area contributed by atoms with E-state index in [2.05, 4.69) is 109 Å². The van der Waals surface area contributed by atoms with E-state index < -0.39 is 0 Å². The molecule has 5 nitrogen and oxygen atoms in total. The maximum atomic E-state index is 6.38. The van der Waals surface area contributed by atoms with E-state index >= 15 is 0 Å². The van der Waals surface area contributed by atoms with E-state index in [0.717, 1.165) is 50.1 Å². The molecule has 9 aromatic rings. The van der Waals surface area contributed by atoms with Crippen LogP contribution in [0.1, 0.15) is 50.7 Å². The first kappa shape index (κ1) is 35.7. The molecular weight excluding hydrogens is 829 g/mol. The molecule has 0 fully saturated rings. The third-order valence-corrected chi connectivity index (χ3v) is 9.41. The Morgan fingerprint density at radius 1 is 0.623 bits per heavy atom. The molecule has 0 atom stereocenters. The van der Waals surface area contributed by atoms with Crippen molar-refractivity contribution in [2.75, 3.05) is 0 Å². The molecule has 5 aromatic carbocycles. The summed E-state index contributed by atoms with van der Waals surface area (Å²) in [6.45, 7) is 8.97. The number of pyridine rings is 2. The molecule has 4 heterocycles. The molecule has 53 heavy (non-hydrogen) atoms. The van der Waals surface area contributed by atoms with Crippen LogP contribution in [0.3, 0.4) is 0 Å². The van der Waals surface area contributed by atoms with Gasteiger partial charge in [-0.2, -0.15) is 0 Å². The molecule has 0 amide bonds. The van der Waals surface area contributed by atoms with Gasteiger partial charge in [-0.05, 0) is 64.0 Å². The van der Waals surface area contributed by atoms with E-state index in [1.54, 1.807) is 6.20 Å². The van der Waals surface area contributed by atoms with Gasteiger partial charge in [-0.1, -0.05) is 111 Å². The van der Waals surface area contributed by atoms with Crippen LogP contribution >= 0.6 is 0 Å². The van der Waals surface area contributed by atoms with E-state index in [4.69, 9.17) is 9.40 Å². The molecule has 0 aliphatic heterocycles. The average Bonchev–Trinajstić information content (AvgIpc) is 3.77.